The van der Waals surface area contributed by atoms with Gasteiger partial charge < -0.3 is 0 Å². The number of hydrogen-bond donors (Lipinski definition) is 0. The summed E-state index contributed by atoms with van der Waals surface area (Å²) in [4.78, 5) is 19.5. The summed E-state index contributed by atoms with van der Waals surface area (Å²) in [6, 6.07) is 2.12. The maximum absolute atomic E-state index is 11.5. The number of rotatable bonds is 3. The van der Waals surface area contributed by atoms with E-state index in [1.807, 2.05) is 0 Å². The van der Waals surface area contributed by atoms with Crippen molar-refractivity contribution in [3.8, 4) is 0 Å². The molecule has 90 valence electrons. The third kappa shape index (κ3) is 2.55. The number of nitrogens with zero attached hydrogens (tertiary/aromatic N) is 2. The average Bonchev–Trinajstić information content (AvgIpc) is 2.21. The predicted octanol–water partition coefficient (Wildman–Crippen LogP) is 1.24. The van der Waals surface area contributed by atoms with Crippen molar-refractivity contribution in [2.75, 3.05) is 0 Å². The van der Waals surface area contributed by atoms with Crippen LogP contribution in [0.5, 0.6) is 0 Å². The van der Waals surface area contributed by atoms with Crippen LogP contribution in [0, 0.1) is 24.0 Å². The van der Waals surface area contributed by atoms with Crippen molar-refractivity contribution < 1.29 is 18.1 Å². The molecule has 0 aromatic heterocycles. The highest BCUT2D eigenvalue weighted by molar-refractivity contribution is 7.90. The SMILES string of the molecule is Cc1cc([N+](=O)[O-])cc(S(=O)(=O)N=C=O)c1C. The molecule has 0 saturated carbocycles. The molecule has 0 atom stereocenters. The number of sulfonamides is 1. The van der Waals surface area contributed by atoms with Gasteiger partial charge in [-0.05, 0) is 25.0 Å². The predicted molar refractivity (Wildman–Crippen MR) is 57.9 cm³/mol. The number of benzene rings is 1. The van der Waals surface area contributed by atoms with Crippen LogP contribution in [0.1, 0.15) is 11.1 Å². The van der Waals surface area contributed by atoms with E-state index in [1.165, 1.54) is 19.9 Å². The molecule has 1 rings (SSSR count). The topological polar surface area (TPSA) is 107 Å². The van der Waals surface area contributed by atoms with Crippen LogP contribution >= 0.6 is 0 Å². The summed E-state index contributed by atoms with van der Waals surface area (Å²) < 4.78 is 25.7. The summed E-state index contributed by atoms with van der Waals surface area (Å²) in [7, 11) is -4.22. The van der Waals surface area contributed by atoms with Gasteiger partial charge in [0.2, 0.25) is 0 Å². The molecule has 0 amide bonds. The second kappa shape index (κ2) is 4.44. The first-order chi connectivity index (χ1) is 7.79. The molecule has 0 aliphatic carbocycles. The van der Waals surface area contributed by atoms with E-state index in [2.05, 4.69) is 4.40 Å². The molecule has 0 aliphatic rings. The Morgan fingerprint density at radius 1 is 1.35 bits per heavy atom. The molecule has 0 unspecified atom stereocenters. The molecule has 1 aromatic rings. The lowest BCUT2D eigenvalue weighted by molar-refractivity contribution is -0.385. The van der Waals surface area contributed by atoms with Crippen molar-refractivity contribution >= 4 is 21.8 Å². The van der Waals surface area contributed by atoms with Crippen molar-refractivity contribution in [1.29, 1.82) is 0 Å². The minimum absolute atomic E-state index is 0.314. The average molecular weight is 256 g/mol. The fourth-order valence-corrected chi connectivity index (χ4v) is 2.29. The van der Waals surface area contributed by atoms with Crippen molar-refractivity contribution in [3.63, 3.8) is 0 Å². The van der Waals surface area contributed by atoms with E-state index in [1.54, 1.807) is 0 Å². The normalized spacial score (nSPS) is 10.7. The molecule has 0 spiro atoms. The molecule has 0 bridgehead atoms. The van der Waals surface area contributed by atoms with Gasteiger partial charge in [-0.3, -0.25) is 10.1 Å². The van der Waals surface area contributed by atoms with Gasteiger partial charge in [0.25, 0.3) is 21.8 Å². The third-order valence-corrected chi connectivity index (χ3v) is 3.55. The number of nitro groups is 1. The highest BCUT2D eigenvalue weighted by Crippen LogP contribution is 2.26. The lowest BCUT2D eigenvalue weighted by atomic mass is 10.1. The number of carbonyl (C=O) groups excluding carboxylic acids is 1. The van der Waals surface area contributed by atoms with Gasteiger partial charge in [0.1, 0.15) is 4.90 Å². The molecule has 0 heterocycles. The first-order valence-electron chi connectivity index (χ1n) is 4.39. The van der Waals surface area contributed by atoms with Crippen LogP contribution in [0.4, 0.5) is 5.69 Å². The van der Waals surface area contributed by atoms with E-state index >= 15 is 0 Å². The Hall–Kier alpha value is -2.05. The standard InChI is InChI=1S/C9H8N2O5S/c1-6-3-8(11(13)14)4-9(7(6)2)17(15,16)10-5-12/h3-4H,1-2H3. The maximum atomic E-state index is 11.5. The van der Waals surface area contributed by atoms with Crippen molar-refractivity contribution in [3.05, 3.63) is 33.4 Å². The van der Waals surface area contributed by atoms with Gasteiger partial charge in [-0.2, -0.15) is 8.42 Å². The van der Waals surface area contributed by atoms with Crippen LogP contribution in [0.3, 0.4) is 0 Å². The fourth-order valence-electron chi connectivity index (χ4n) is 1.28. The molecule has 0 N–H and O–H groups in total. The third-order valence-electron chi connectivity index (χ3n) is 2.25. The summed E-state index contributed by atoms with van der Waals surface area (Å²) >= 11 is 0. The van der Waals surface area contributed by atoms with E-state index in [4.69, 9.17) is 0 Å². The van der Waals surface area contributed by atoms with E-state index in [-0.39, 0.29) is 10.6 Å². The first kappa shape index (κ1) is 13.0. The van der Waals surface area contributed by atoms with Crippen LogP contribution in [0.2, 0.25) is 0 Å². The number of isocyanates is 1. The zero-order valence-corrected chi connectivity index (χ0v) is 9.82. The summed E-state index contributed by atoms with van der Waals surface area (Å²) in [6.45, 7) is 3.01. The van der Waals surface area contributed by atoms with E-state index in [0.29, 0.717) is 11.1 Å². The molecule has 0 aliphatic heterocycles. The minimum atomic E-state index is -4.22. The number of aryl methyl sites for hydroxylation is 1. The van der Waals surface area contributed by atoms with Gasteiger partial charge in [0.05, 0.1) is 4.92 Å². The summed E-state index contributed by atoms with van der Waals surface area (Å²) in [5, 5.41) is 10.6. The number of non-ortho nitro benzene ring substituents is 1. The Morgan fingerprint density at radius 2 is 1.94 bits per heavy atom. The second-order valence-electron chi connectivity index (χ2n) is 3.30. The van der Waals surface area contributed by atoms with E-state index in [0.717, 1.165) is 12.1 Å². The van der Waals surface area contributed by atoms with Gasteiger partial charge in [-0.1, -0.05) is 4.40 Å². The molecule has 1 aromatic carbocycles. The molecule has 0 saturated heterocycles. The molecule has 0 fully saturated rings. The summed E-state index contributed by atoms with van der Waals surface area (Å²) in [5.74, 6) is 0. The van der Waals surface area contributed by atoms with Gasteiger partial charge in [0.15, 0.2) is 0 Å². The monoisotopic (exact) mass is 256 g/mol. The maximum Gasteiger partial charge on any atom is 0.293 e. The van der Waals surface area contributed by atoms with E-state index < -0.39 is 14.9 Å². The Morgan fingerprint density at radius 3 is 2.41 bits per heavy atom. The van der Waals surface area contributed by atoms with Gasteiger partial charge in [-0.25, -0.2) is 4.79 Å². The molecule has 0 radical (unpaired) electrons. The van der Waals surface area contributed by atoms with Crippen LogP contribution in [-0.2, 0) is 14.8 Å². The molecule has 8 heteroatoms. The van der Waals surface area contributed by atoms with Gasteiger partial charge in [0, 0.05) is 12.1 Å². The van der Waals surface area contributed by atoms with Gasteiger partial charge >= 0.3 is 0 Å². The highest BCUT2D eigenvalue weighted by Gasteiger charge is 2.21. The van der Waals surface area contributed by atoms with Crippen LogP contribution in [-0.4, -0.2) is 19.4 Å². The van der Waals surface area contributed by atoms with E-state index in [9.17, 15) is 23.3 Å². The Labute approximate surface area is 97.0 Å². The quantitative estimate of drug-likeness (QED) is 0.350. The molecule has 7 nitrogen and oxygen atoms in total. The molecule has 17 heavy (non-hydrogen) atoms. The van der Waals surface area contributed by atoms with Crippen LogP contribution in [0.25, 0.3) is 0 Å². The molecular formula is C9H8N2O5S. The first-order valence-corrected chi connectivity index (χ1v) is 5.83. The van der Waals surface area contributed by atoms with Crippen molar-refractivity contribution in [2.24, 2.45) is 4.40 Å². The summed E-state index contributed by atoms with van der Waals surface area (Å²) in [5.41, 5.74) is 0.376. The smallest absolute Gasteiger partial charge is 0.258 e. The zero-order chi connectivity index (χ0) is 13.2. The van der Waals surface area contributed by atoms with Crippen molar-refractivity contribution in [1.82, 2.24) is 0 Å². The second-order valence-corrected chi connectivity index (χ2v) is 4.87. The largest absolute Gasteiger partial charge is 0.293 e. The van der Waals surface area contributed by atoms with Crippen LogP contribution < -0.4 is 0 Å². The number of hydrogen-bond acceptors (Lipinski definition) is 5. The number of nitro benzene ring substituents is 1. The minimum Gasteiger partial charge on any atom is -0.258 e. The van der Waals surface area contributed by atoms with Crippen LogP contribution in [0.15, 0.2) is 21.4 Å². The fraction of sp³-hybridized carbons (Fsp3) is 0.222. The zero-order valence-electron chi connectivity index (χ0n) is 9.00. The Balaban J connectivity index is 3.65. The molecular weight excluding hydrogens is 248 g/mol. The summed E-state index contributed by atoms with van der Waals surface area (Å²) in [6.07, 6.45) is 0.919. The Kier molecular flexibility index (Phi) is 3.40. The highest BCUT2D eigenvalue weighted by atomic mass is 32.2. The Bertz CT molecular complexity index is 629. The van der Waals surface area contributed by atoms with Crippen molar-refractivity contribution in [2.45, 2.75) is 18.7 Å². The lowest BCUT2D eigenvalue weighted by Gasteiger charge is -2.05. The van der Waals surface area contributed by atoms with Gasteiger partial charge in [-0.15, -0.1) is 0 Å². The lowest BCUT2D eigenvalue weighted by Crippen LogP contribution is -2.02.